The van der Waals surface area contributed by atoms with Gasteiger partial charge in [0.2, 0.25) is 0 Å². The molecule has 5 aliphatic heterocycles. The van der Waals surface area contributed by atoms with Crippen molar-refractivity contribution >= 4 is 91.5 Å². The van der Waals surface area contributed by atoms with Crippen molar-refractivity contribution in [1.29, 1.82) is 0 Å². The van der Waals surface area contributed by atoms with Crippen molar-refractivity contribution in [3.8, 4) is 0 Å². The summed E-state index contributed by atoms with van der Waals surface area (Å²) in [5.74, 6) is 0. The number of halogens is 4. The summed E-state index contributed by atoms with van der Waals surface area (Å²) < 4.78 is 0. The predicted molar refractivity (Wildman–Crippen MR) is 220 cm³/mol. The summed E-state index contributed by atoms with van der Waals surface area (Å²) in [5, 5.41) is 2.54. The van der Waals surface area contributed by atoms with Crippen molar-refractivity contribution in [2.45, 2.75) is 0 Å². The molecule has 9 rings (SSSR count). The van der Waals surface area contributed by atoms with E-state index in [0.29, 0.717) is 20.1 Å². The number of aliphatic imine (C=N–C) groups is 4. The fraction of sp³-hybridized carbons (Fsp3) is 0. The molecule has 52 heavy (non-hydrogen) atoms. The van der Waals surface area contributed by atoms with E-state index < -0.39 is 0 Å². The Balaban J connectivity index is 1.43. The summed E-state index contributed by atoms with van der Waals surface area (Å²) in [6, 6.07) is 31.3. The lowest BCUT2D eigenvalue weighted by molar-refractivity contribution is 1.41. The Morgan fingerprint density at radius 3 is 1.33 bits per heavy atom. The second-order valence-corrected chi connectivity index (χ2v) is 14.2. The molecule has 0 aromatic heterocycles. The number of benzene rings is 4. The van der Waals surface area contributed by atoms with Gasteiger partial charge in [-0.1, -0.05) is 94.9 Å². The molecular weight excluding hydrogens is 726 g/mol. The van der Waals surface area contributed by atoms with Crippen molar-refractivity contribution in [3.05, 3.63) is 211 Å². The van der Waals surface area contributed by atoms with E-state index in [4.69, 9.17) is 66.4 Å². The van der Waals surface area contributed by atoms with Crippen LogP contribution in [0.2, 0.25) is 20.1 Å². The number of allylic oxidation sites excluding steroid dienone is 12. The summed E-state index contributed by atoms with van der Waals surface area (Å²) in [6.45, 7) is 0. The van der Waals surface area contributed by atoms with Gasteiger partial charge in [0.1, 0.15) is 0 Å². The van der Waals surface area contributed by atoms with E-state index in [1.807, 2.05) is 140 Å². The molecule has 5 aliphatic rings. The lowest BCUT2D eigenvalue weighted by atomic mass is 9.86. The molecule has 8 heteroatoms. The third-order valence-electron chi connectivity index (χ3n) is 9.03. The summed E-state index contributed by atoms with van der Waals surface area (Å²) in [4.78, 5) is 20.7. The van der Waals surface area contributed by atoms with Gasteiger partial charge in [-0.05, 0) is 119 Å². The number of hydrogen-bond acceptors (Lipinski definition) is 4. The van der Waals surface area contributed by atoms with E-state index in [-0.39, 0.29) is 0 Å². The van der Waals surface area contributed by atoms with Crippen molar-refractivity contribution in [2.75, 3.05) is 0 Å². The van der Waals surface area contributed by atoms with Crippen LogP contribution in [0.3, 0.4) is 0 Å². The van der Waals surface area contributed by atoms with Gasteiger partial charge < -0.3 is 0 Å². The molecule has 248 valence electrons. The highest BCUT2D eigenvalue weighted by Crippen LogP contribution is 2.46. The fourth-order valence-electron chi connectivity index (χ4n) is 6.68. The van der Waals surface area contributed by atoms with Crippen molar-refractivity contribution < 1.29 is 0 Å². The van der Waals surface area contributed by atoms with E-state index in [0.717, 1.165) is 90.2 Å². The molecule has 0 atom stereocenters. The lowest BCUT2D eigenvalue weighted by Gasteiger charge is -2.17. The Bertz CT molecular complexity index is 2590. The molecule has 0 saturated carbocycles. The topological polar surface area (TPSA) is 49.4 Å². The maximum Gasteiger partial charge on any atom is 0.0822 e. The second-order valence-electron chi connectivity index (χ2n) is 12.5. The Labute approximate surface area is 320 Å². The maximum atomic E-state index is 6.49. The van der Waals surface area contributed by atoms with Crippen LogP contribution in [-0.4, -0.2) is 22.8 Å². The van der Waals surface area contributed by atoms with Gasteiger partial charge in [-0.2, -0.15) is 0 Å². The first-order valence-corrected chi connectivity index (χ1v) is 18.0. The Morgan fingerprint density at radius 2 is 0.788 bits per heavy atom. The van der Waals surface area contributed by atoms with Gasteiger partial charge in [-0.3, -0.25) is 0 Å². The fourth-order valence-corrected chi connectivity index (χ4v) is 7.18. The van der Waals surface area contributed by atoms with Crippen LogP contribution in [0.5, 0.6) is 0 Å². The number of rotatable bonds is 4. The number of fused-ring (bicyclic) bond motifs is 4. The third-order valence-corrected chi connectivity index (χ3v) is 10.0. The molecule has 8 bridgehead atoms. The summed E-state index contributed by atoms with van der Waals surface area (Å²) in [5.41, 5.74) is 13.4. The van der Waals surface area contributed by atoms with Crippen LogP contribution in [0.25, 0.3) is 22.3 Å². The van der Waals surface area contributed by atoms with Gasteiger partial charge in [0, 0.05) is 42.4 Å². The van der Waals surface area contributed by atoms with Gasteiger partial charge in [0.25, 0.3) is 0 Å². The molecule has 4 nitrogen and oxygen atoms in total. The van der Waals surface area contributed by atoms with Crippen molar-refractivity contribution in [1.82, 2.24) is 0 Å². The molecule has 0 aliphatic carbocycles. The Hall–Kier alpha value is -5.36. The number of hydrogen-bond donors (Lipinski definition) is 0. The maximum absolute atomic E-state index is 6.49. The SMILES string of the molecule is Clc1ccc(C2=CC3=CC4=NC(=CC5=NC(=CC6=NC(=C(c7ccc(Cl)cc7)C2=N3)C(c2ccc(Cl)cc2)=C6c2ccc(Cl)cc2)C=C5)C=C4)cc1. The van der Waals surface area contributed by atoms with Crippen LogP contribution in [0.1, 0.15) is 22.3 Å². The molecule has 5 heterocycles. The summed E-state index contributed by atoms with van der Waals surface area (Å²) in [6.07, 6.45) is 16.0. The monoisotopic (exact) mass is 748 g/mol. The van der Waals surface area contributed by atoms with Gasteiger partial charge in [-0.25, -0.2) is 20.0 Å². The Morgan fingerprint density at radius 1 is 0.346 bits per heavy atom. The standard InChI is InChI=1S/C44H24Cl4N4/c45-29-9-1-25(2-10-29)38-23-37-22-35-18-17-33(49-35)21-34-19-20-36(50-34)24-39-40(26-3-11-30(46)12-4-26)41(27-5-13-31(47)14-6-27)44(52-39)42(43(38)51-37)28-7-15-32(48)16-8-28/h1-24H. The minimum atomic E-state index is 0.622. The van der Waals surface area contributed by atoms with E-state index in [1.54, 1.807) is 0 Å². The zero-order valence-corrected chi connectivity index (χ0v) is 30.2. The highest BCUT2D eigenvalue weighted by molar-refractivity contribution is 6.50. The van der Waals surface area contributed by atoms with Crippen LogP contribution >= 0.6 is 46.4 Å². The van der Waals surface area contributed by atoms with Crippen LogP contribution in [0.15, 0.2) is 188 Å². The molecule has 4 aromatic rings. The van der Waals surface area contributed by atoms with E-state index in [1.165, 1.54) is 0 Å². The smallest absolute Gasteiger partial charge is 0.0822 e. The van der Waals surface area contributed by atoms with Crippen LogP contribution < -0.4 is 0 Å². The van der Waals surface area contributed by atoms with Crippen LogP contribution in [-0.2, 0) is 0 Å². The van der Waals surface area contributed by atoms with Gasteiger partial charge in [0.05, 0.1) is 45.6 Å². The average molecular weight is 751 g/mol. The van der Waals surface area contributed by atoms with E-state index >= 15 is 0 Å². The highest BCUT2D eigenvalue weighted by atomic mass is 35.5. The lowest BCUT2D eigenvalue weighted by Crippen LogP contribution is -2.07. The van der Waals surface area contributed by atoms with Gasteiger partial charge in [0.15, 0.2) is 0 Å². The average Bonchev–Trinajstić information content (AvgIpc) is 3.95. The first kappa shape index (κ1) is 32.5. The molecule has 0 radical (unpaired) electrons. The van der Waals surface area contributed by atoms with Crippen molar-refractivity contribution in [3.63, 3.8) is 0 Å². The molecule has 0 fully saturated rings. The zero-order chi connectivity index (χ0) is 35.3. The predicted octanol–water partition coefficient (Wildman–Crippen LogP) is 12.3. The van der Waals surface area contributed by atoms with Crippen molar-refractivity contribution in [2.24, 2.45) is 20.0 Å². The minimum Gasteiger partial charge on any atom is -0.249 e. The zero-order valence-electron chi connectivity index (χ0n) is 27.2. The number of nitrogens with zero attached hydrogens (tertiary/aromatic N) is 4. The molecule has 0 amide bonds. The first-order chi connectivity index (χ1) is 25.3. The molecule has 0 saturated heterocycles. The summed E-state index contributed by atoms with van der Waals surface area (Å²) >= 11 is 25.8. The Kier molecular flexibility index (Phi) is 8.33. The first-order valence-electron chi connectivity index (χ1n) is 16.5. The second kappa shape index (κ2) is 13.3. The largest absolute Gasteiger partial charge is 0.249 e. The van der Waals surface area contributed by atoms with E-state index in [9.17, 15) is 0 Å². The highest BCUT2D eigenvalue weighted by Gasteiger charge is 2.33. The molecular formula is C44H24Cl4N4. The van der Waals surface area contributed by atoms with E-state index in [2.05, 4.69) is 6.08 Å². The van der Waals surface area contributed by atoms with Gasteiger partial charge >= 0.3 is 0 Å². The van der Waals surface area contributed by atoms with Crippen LogP contribution in [0.4, 0.5) is 0 Å². The normalized spacial score (nSPS) is 17.5. The minimum absolute atomic E-state index is 0.622. The molecule has 0 spiro atoms. The molecule has 0 N–H and O–H groups in total. The van der Waals surface area contributed by atoms with Gasteiger partial charge in [-0.15, -0.1) is 0 Å². The molecule has 4 aromatic carbocycles. The quantitative estimate of drug-likeness (QED) is 0.199. The summed E-state index contributed by atoms with van der Waals surface area (Å²) in [7, 11) is 0. The van der Waals surface area contributed by atoms with Crippen LogP contribution in [0, 0.1) is 0 Å². The molecule has 0 unspecified atom stereocenters. The third kappa shape index (κ3) is 6.25.